The van der Waals surface area contributed by atoms with Gasteiger partial charge in [-0.1, -0.05) is 12.1 Å². The lowest BCUT2D eigenvalue weighted by atomic mass is 10.2. The van der Waals surface area contributed by atoms with E-state index in [0.717, 1.165) is 12.2 Å². The highest BCUT2D eigenvalue weighted by Crippen LogP contribution is 2.08. The molecule has 0 radical (unpaired) electrons. The van der Waals surface area contributed by atoms with E-state index in [9.17, 15) is 0 Å². The molecule has 0 amide bonds. The van der Waals surface area contributed by atoms with E-state index in [-0.39, 0.29) is 0 Å². The fourth-order valence-electron chi connectivity index (χ4n) is 1.43. The highest BCUT2D eigenvalue weighted by molar-refractivity contribution is 5.34. The summed E-state index contributed by atoms with van der Waals surface area (Å²) in [5.74, 6) is 0. The number of hydroxylamine groups is 1. The first-order valence-electron chi connectivity index (χ1n) is 5.32. The van der Waals surface area contributed by atoms with Crippen molar-refractivity contribution in [3.63, 3.8) is 0 Å². The second-order valence-corrected chi connectivity index (χ2v) is 3.39. The predicted octanol–water partition coefficient (Wildman–Crippen LogP) is 1.91. The van der Waals surface area contributed by atoms with E-state index < -0.39 is 0 Å². The molecule has 0 unspecified atom stereocenters. The van der Waals surface area contributed by atoms with E-state index >= 15 is 0 Å². The quantitative estimate of drug-likeness (QED) is 0.614. The van der Waals surface area contributed by atoms with Gasteiger partial charge in [0.05, 0.1) is 12.9 Å². The molecule has 2 rings (SSSR count). The molecular weight excluding hydrogens is 202 g/mol. The zero-order valence-electron chi connectivity index (χ0n) is 9.26. The summed E-state index contributed by atoms with van der Waals surface area (Å²) in [5.41, 5.74) is 5.19. The second kappa shape index (κ2) is 5.44. The van der Waals surface area contributed by atoms with Crippen LogP contribution in [0.25, 0.3) is 5.69 Å². The van der Waals surface area contributed by atoms with Crippen LogP contribution in [0, 0.1) is 0 Å². The van der Waals surface area contributed by atoms with Gasteiger partial charge in [-0.05, 0) is 24.6 Å². The van der Waals surface area contributed by atoms with Crippen molar-refractivity contribution >= 4 is 0 Å². The van der Waals surface area contributed by atoms with Crippen LogP contribution >= 0.6 is 0 Å². The van der Waals surface area contributed by atoms with Crippen molar-refractivity contribution in [3.05, 3.63) is 48.5 Å². The van der Waals surface area contributed by atoms with Crippen LogP contribution in [0.3, 0.4) is 0 Å². The molecular formula is C12H15N3O. The van der Waals surface area contributed by atoms with Crippen LogP contribution in [-0.2, 0) is 11.4 Å². The van der Waals surface area contributed by atoms with Crippen molar-refractivity contribution in [2.45, 2.75) is 13.5 Å². The monoisotopic (exact) mass is 217 g/mol. The molecule has 0 saturated carbocycles. The molecule has 0 aliphatic carbocycles. The normalized spacial score (nSPS) is 10.6. The summed E-state index contributed by atoms with van der Waals surface area (Å²) in [6, 6.07) is 8.26. The van der Waals surface area contributed by atoms with Gasteiger partial charge in [-0.25, -0.2) is 4.98 Å². The molecule has 2 aromatic rings. The van der Waals surface area contributed by atoms with Crippen LogP contribution in [0.15, 0.2) is 43.0 Å². The van der Waals surface area contributed by atoms with Gasteiger partial charge in [0.2, 0.25) is 0 Å². The summed E-state index contributed by atoms with van der Waals surface area (Å²) in [5, 5.41) is 0. The third-order valence-electron chi connectivity index (χ3n) is 2.26. The molecule has 0 spiro atoms. The molecule has 1 heterocycles. The van der Waals surface area contributed by atoms with Gasteiger partial charge in [0.1, 0.15) is 0 Å². The number of imidazole rings is 1. The minimum absolute atomic E-state index is 0.674. The number of nitrogens with zero attached hydrogens (tertiary/aromatic N) is 2. The first-order chi connectivity index (χ1) is 7.90. The molecule has 4 nitrogen and oxygen atoms in total. The molecule has 0 atom stereocenters. The van der Waals surface area contributed by atoms with Crippen molar-refractivity contribution in [1.82, 2.24) is 15.0 Å². The minimum Gasteiger partial charge on any atom is -0.306 e. The van der Waals surface area contributed by atoms with E-state index in [1.807, 2.05) is 17.7 Å². The van der Waals surface area contributed by atoms with Gasteiger partial charge in [-0.2, -0.15) is 5.48 Å². The van der Waals surface area contributed by atoms with Gasteiger partial charge < -0.3 is 9.40 Å². The molecule has 4 heteroatoms. The average Bonchev–Trinajstić information content (AvgIpc) is 2.84. The summed E-state index contributed by atoms with van der Waals surface area (Å²) in [6.07, 6.45) is 5.48. The molecule has 0 saturated heterocycles. The lowest BCUT2D eigenvalue weighted by Crippen LogP contribution is -2.13. The largest absolute Gasteiger partial charge is 0.306 e. The Balaban J connectivity index is 2.00. The molecule has 0 aliphatic heterocycles. The van der Waals surface area contributed by atoms with Crippen molar-refractivity contribution in [2.75, 3.05) is 6.61 Å². The lowest BCUT2D eigenvalue weighted by molar-refractivity contribution is 0.0463. The third-order valence-corrected chi connectivity index (χ3v) is 2.26. The summed E-state index contributed by atoms with van der Waals surface area (Å²) >= 11 is 0. The van der Waals surface area contributed by atoms with Crippen LogP contribution in [0.1, 0.15) is 12.5 Å². The number of hydrogen-bond acceptors (Lipinski definition) is 3. The average molecular weight is 217 g/mol. The van der Waals surface area contributed by atoms with Crippen LogP contribution < -0.4 is 5.48 Å². The van der Waals surface area contributed by atoms with Gasteiger partial charge in [-0.15, -0.1) is 0 Å². The van der Waals surface area contributed by atoms with E-state index in [0.29, 0.717) is 6.61 Å². The first-order valence-corrected chi connectivity index (χ1v) is 5.32. The maximum Gasteiger partial charge on any atom is 0.0991 e. The number of rotatable bonds is 5. The van der Waals surface area contributed by atoms with Gasteiger partial charge in [0, 0.05) is 24.6 Å². The Bertz CT molecular complexity index is 408. The molecule has 16 heavy (non-hydrogen) atoms. The van der Waals surface area contributed by atoms with Crippen LogP contribution in [0.4, 0.5) is 0 Å². The lowest BCUT2D eigenvalue weighted by Gasteiger charge is -2.05. The van der Waals surface area contributed by atoms with Crippen LogP contribution in [0.2, 0.25) is 0 Å². The zero-order chi connectivity index (χ0) is 11.2. The van der Waals surface area contributed by atoms with E-state index in [4.69, 9.17) is 4.84 Å². The van der Waals surface area contributed by atoms with Gasteiger partial charge >= 0.3 is 0 Å². The van der Waals surface area contributed by atoms with Crippen LogP contribution in [-0.4, -0.2) is 16.2 Å². The first kappa shape index (κ1) is 10.9. The Labute approximate surface area is 94.8 Å². The second-order valence-electron chi connectivity index (χ2n) is 3.39. The molecule has 1 aromatic heterocycles. The number of nitrogens with one attached hydrogen (secondary N) is 1. The smallest absolute Gasteiger partial charge is 0.0991 e. The standard InChI is InChI=1S/C12H15N3O/c1-2-16-14-9-11-3-5-12(6-4-11)15-8-7-13-10-15/h3-8,10,14H,2,9H2,1H3. The maximum atomic E-state index is 5.07. The summed E-state index contributed by atoms with van der Waals surface area (Å²) in [4.78, 5) is 9.09. The molecule has 1 N–H and O–H groups in total. The third kappa shape index (κ3) is 2.68. The Morgan fingerprint density at radius 1 is 1.31 bits per heavy atom. The number of benzene rings is 1. The minimum atomic E-state index is 0.674. The van der Waals surface area contributed by atoms with Crippen molar-refractivity contribution in [2.24, 2.45) is 0 Å². The molecule has 0 fully saturated rings. The maximum absolute atomic E-state index is 5.07. The summed E-state index contributed by atoms with van der Waals surface area (Å²) in [6.45, 7) is 3.35. The predicted molar refractivity (Wildman–Crippen MR) is 62.0 cm³/mol. The highest BCUT2D eigenvalue weighted by atomic mass is 16.6. The van der Waals surface area contributed by atoms with Crippen LogP contribution in [0.5, 0.6) is 0 Å². The Morgan fingerprint density at radius 3 is 2.75 bits per heavy atom. The van der Waals surface area contributed by atoms with E-state index in [1.165, 1.54) is 5.56 Å². The van der Waals surface area contributed by atoms with Gasteiger partial charge in [0.25, 0.3) is 0 Å². The highest BCUT2D eigenvalue weighted by Gasteiger charge is 1.96. The van der Waals surface area contributed by atoms with E-state index in [2.05, 4.69) is 34.7 Å². The van der Waals surface area contributed by atoms with Gasteiger partial charge in [0.15, 0.2) is 0 Å². The number of hydrogen-bond donors (Lipinski definition) is 1. The zero-order valence-corrected chi connectivity index (χ0v) is 9.26. The Kier molecular flexibility index (Phi) is 3.69. The number of aromatic nitrogens is 2. The fourth-order valence-corrected chi connectivity index (χ4v) is 1.43. The molecule has 84 valence electrons. The van der Waals surface area contributed by atoms with Crippen molar-refractivity contribution in [1.29, 1.82) is 0 Å². The molecule has 1 aromatic carbocycles. The van der Waals surface area contributed by atoms with Gasteiger partial charge in [-0.3, -0.25) is 0 Å². The van der Waals surface area contributed by atoms with Crippen molar-refractivity contribution in [3.8, 4) is 5.69 Å². The summed E-state index contributed by atoms with van der Waals surface area (Å²) < 4.78 is 1.97. The molecule has 0 aliphatic rings. The summed E-state index contributed by atoms with van der Waals surface area (Å²) in [7, 11) is 0. The fraction of sp³-hybridized carbons (Fsp3) is 0.250. The topological polar surface area (TPSA) is 39.1 Å². The van der Waals surface area contributed by atoms with Crippen molar-refractivity contribution < 1.29 is 4.84 Å². The Morgan fingerprint density at radius 2 is 2.12 bits per heavy atom. The molecule has 0 bridgehead atoms. The SMILES string of the molecule is CCONCc1ccc(-n2ccnc2)cc1. The Hall–Kier alpha value is -1.65. The van der Waals surface area contributed by atoms with E-state index in [1.54, 1.807) is 12.5 Å².